The van der Waals surface area contributed by atoms with Crippen LogP contribution in [0, 0.1) is 0 Å². The van der Waals surface area contributed by atoms with Crippen LogP contribution in [-0.4, -0.2) is 47.1 Å². The highest BCUT2D eigenvalue weighted by Gasteiger charge is 2.53. The fourth-order valence-electron chi connectivity index (χ4n) is 4.70. The molecule has 3 N–H and O–H groups in total. The van der Waals surface area contributed by atoms with Crippen LogP contribution in [0.1, 0.15) is 27.0 Å². The highest BCUT2D eigenvalue weighted by atomic mass is 16.7. The van der Waals surface area contributed by atoms with Crippen molar-refractivity contribution in [3.05, 3.63) is 82.9 Å². The minimum Gasteiger partial charge on any atom is -0.507 e. The number of aliphatic hydroxyl groups excluding tert-OH is 1. The maximum absolute atomic E-state index is 13.9. The van der Waals surface area contributed by atoms with E-state index in [1.807, 2.05) is 0 Å². The monoisotopic (exact) mass is 447 g/mol. The lowest BCUT2D eigenvalue weighted by molar-refractivity contribution is -0.123. The molecule has 168 valence electrons. The van der Waals surface area contributed by atoms with E-state index in [1.54, 1.807) is 42.5 Å². The number of phenols is 1. The number of phenolic OH excluding ortho intramolecular Hbond substituents is 1. The Labute approximate surface area is 189 Å². The minimum atomic E-state index is -1.53. The van der Waals surface area contributed by atoms with Gasteiger partial charge in [-0.3, -0.25) is 4.79 Å². The summed E-state index contributed by atoms with van der Waals surface area (Å²) in [5, 5.41) is 30.8. The Hall–Kier alpha value is -4.04. The van der Waals surface area contributed by atoms with Gasteiger partial charge >= 0.3 is 5.97 Å². The molecule has 2 aliphatic rings. The van der Waals surface area contributed by atoms with E-state index in [4.69, 9.17) is 9.47 Å². The number of nitrogens with zero attached hydrogens (tertiary/aromatic N) is 1. The molecular formula is C25H21NO7. The van der Waals surface area contributed by atoms with Crippen LogP contribution in [0.15, 0.2) is 60.7 Å². The van der Waals surface area contributed by atoms with E-state index in [0.717, 1.165) is 0 Å². The molecule has 0 saturated carbocycles. The Morgan fingerprint density at radius 1 is 1.00 bits per heavy atom. The number of fused-ring (bicyclic) bond motifs is 2. The average molecular weight is 447 g/mol. The molecule has 1 atom stereocenters. The van der Waals surface area contributed by atoms with Crippen molar-refractivity contribution >= 4 is 17.6 Å². The summed E-state index contributed by atoms with van der Waals surface area (Å²) >= 11 is 0. The zero-order valence-corrected chi connectivity index (χ0v) is 17.5. The Morgan fingerprint density at radius 3 is 2.45 bits per heavy atom. The molecule has 1 unspecified atom stereocenters. The minimum absolute atomic E-state index is 0.00396. The number of ether oxygens (including phenoxy) is 2. The van der Waals surface area contributed by atoms with Gasteiger partial charge in [0.2, 0.25) is 12.7 Å². The van der Waals surface area contributed by atoms with E-state index in [2.05, 4.69) is 0 Å². The van der Waals surface area contributed by atoms with Gasteiger partial charge in [0.05, 0.1) is 12.2 Å². The topological polar surface area (TPSA) is 117 Å². The summed E-state index contributed by atoms with van der Waals surface area (Å²) in [7, 11) is 0. The molecule has 0 aliphatic carbocycles. The van der Waals surface area contributed by atoms with Crippen LogP contribution < -0.4 is 14.4 Å². The molecule has 0 spiro atoms. The molecule has 0 radical (unpaired) electrons. The Kier molecular flexibility index (Phi) is 4.94. The molecule has 5 rings (SSSR count). The van der Waals surface area contributed by atoms with Gasteiger partial charge in [-0.1, -0.05) is 36.4 Å². The number of carbonyl (C=O) groups excluding carboxylic acids is 1. The van der Waals surface area contributed by atoms with Crippen LogP contribution in [0.2, 0.25) is 0 Å². The Morgan fingerprint density at radius 2 is 1.70 bits per heavy atom. The highest BCUT2D eigenvalue weighted by molar-refractivity contribution is 6.11. The maximum Gasteiger partial charge on any atom is 0.335 e. The van der Waals surface area contributed by atoms with E-state index in [1.165, 1.54) is 23.1 Å². The first-order valence-corrected chi connectivity index (χ1v) is 10.4. The van der Waals surface area contributed by atoms with Gasteiger partial charge in [-0.2, -0.15) is 0 Å². The SMILES string of the molecule is O=C(O)c1ccccc1CCN1C(=O)C(CO)(c2cc3c(cc2O)OCO3)c2ccccc21. The lowest BCUT2D eigenvalue weighted by Gasteiger charge is -2.28. The highest BCUT2D eigenvalue weighted by Crippen LogP contribution is 2.51. The molecule has 0 aromatic heterocycles. The van der Waals surface area contributed by atoms with Crippen LogP contribution in [-0.2, 0) is 16.6 Å². The third kappa shape index (κ3) is 3.10. The van der Waals surface area contributed by atoms with E-state index >= 15 is 0 Å². The summed E-state index contributed by atoms with van der Waals surface area (Å²) in [6.07, 6.45) is 0.303. The van der Waals surface area contributed by atoms with Gasteiger partial charge in [0.15, 0.2) is 11.5 Å². The van der Waals surface area contributed by atoms with Gasteiger partial charge in [0, 0.05) is 23.9 Å². The van der Waals surface area contributed by atoms with Crippen molar-refractivity contribution in [1.29, 1.82) is 0 Å². The molecule has 1 amide bonds. The largest absolute Gasteiger partial charge is 0.507 e. The molecule has 2 heterocycles. The molecule has 3 aromatic rings. The van der Waals surface area contributed by atoms with Crippen molar-refractivity contribution in [2.24, 2.45) is 0 Å². The number of hydrogen-bond donors (Lipinski definition) is 3. The van der Waals surface area contributed by atoms with Crippen molar-refractivity contribution in [3.8, 4) is 17.2 Å². The number of aromatic carboxylic acids is 1. The Bertz CT molecular complexity index is 1270. The lowest BCUT2D eigenvalue weighted by atomic mass is 9.75. The van der Waals surface area contributed by atoms with Gasteiger partial charge in [-0.05, 0) is 35.7 Å². The van der Waals surface area contributed by atoms with Crippen molar-refractivity contribution in [1.82, 2.24) is 0 Å². The number of para-hydroxylation sites is 1. The number of carboxylic acids is 1. The summed E-state index contributed by atoms with van der Waals surface area (Å²) in [5.41, 5.74) is 0.621. The van der Waals surface area contributed by atoms with Gasteiger partial charge in [0.1, 0.15) is 11.2 Å². The van der Waals surface area contributed by atoms with Crippen molar-refractivity contribution in [3.63, 3.8) is 0 Å². The molecule has 0 saturated heterocycles. The zero-order valence-electron chi connectivity index (χ0n) is 17.5. The zero-order chi connectivity index (χ0) is 23.2. The summed E-state index contributed by atoms with van der Waals surface area (Å²) in [5.74, 6) is -0.878. The van der Waals surface area contributed by atoms with Crippen molar-refractivity contribution in [2.45, 2.75) is 11.8 Å². The van der Waals surface area contributed by atoms with Crippen LogP contribution in [0.5, 0.6) is 17.2 Å². The molecule has 2 aliphatic heterocycles. The van der Waals surface area contributed by atoms with Crippen LogP contribution in [0.3, 0.4) is 0 Å². The molecule has 0 fully saturated rings. The fourth-order valence-corrected chi connectivity index (χ4v) is 4.70. The lowest BCUT2D eigenvalue weighted by Crippen LogP contribution is -2.44. The number of aromatic hydroxyl groups is 1. The first-order chi connectivity index (χ1) is 16.0. The molecule has 8 heteroatoms. The second kappa shape index (κ2) is 7.83. The first-order valence-electron chi connectivity index (χ1n) is 10.4. The Balaban J connectivity index is 1.57. The molecule has 8 nitrogen and oxygen atoms in total. The predicted octanol–water partition coefficient (Wildman–Crippen LogP) is 2.69. The number of benzene rings is 3. The number of anilines is 1. The predicted molar refractivity (Wildman–Crippen MR) is 118 cm³/mol. The van der Waals surface area contributed by atoms with Crippen LogP contribution in [0.4, 0.5) is 5.69 Å². The molecule has 33 heavy (non-hydrogen) atoms. The van der Waals surface area contributed by atoms with Gasteiger partial charge in [-0.25, -0.2) is 4.79 Å². The number of carbonyl (C=O) groups is 2. The van der Waals surface area contributed by atoms with E-state index in [9.17, 15) is 24.9 Å². The number of amides is 1. The van der Waals surface area contributed by atoms with Gasteiger partial charge in [-0.15, -0.1) is 0 Å². The quantitative estimate of drug-likeness (QED) is 0.532. The fraction of sp³-hybridized carbons (Fsp3) is 0.200. The molecule has 3 aromatic carbocycles. The molecular weight excluding hydrogens is 426 g/mol. The third-order valence-electron chi connectivity index (χ3n) is 6.31. The summed E-state index contributed by atoms with van der Waals surface area (Å²) < 4.78 is 10.7. The second-order valence-electron chi connectivity index (χ2n) is 7.97. The van der Waals surface area contributed by atoms with Crippen LogP contribution in [0.25, 0.3) is 0 Å². The van der Waals surface area contributed by atoms with E-state index in [-0.39, 0.29) is 30.2 Å². The maximum atomic E-state index is 13.9. The van der Waals surface area contributed by atoms with E-state index in [0.29, 0.717) is 34.7 Å². The second-order valence-corrected chi connectivity index (χ2v) is 7.97. The smallest absolute Gasteiger partial charge is 0.335 e. The summed E-state index contributed by atoms with van der Waals surface area (Å²) in [6, 6.07) is 16.7. The summed E-state index contributed by atoms with van der Waals surface area (Å²) in [6.45, 7) is -0.366. The number of rotatable bonds is 6. The number of aliphatic hydroxyl groups is 1. The number of hydrogen-bond acceptors (Lipinski definition) is 6. The molecule has 0 bridgehead atoms. The normalized spacial score (nSPS) is 18.5. The van der Waals surface area contributed by atoms with Gasteiger partial charge < -0.3 is 29.7 Å². The third-order valence-corrected chi connectivity index (χ3v) is 6.31. The standard InChI is InChI=1S/C25H21NO7/c27-13-25(18-11-21-22(12-20(18)28)33-14-32-21)17-7-3-4-8-19(17)26(24(25)31)10-9-15-5-1-2-6-16(15)23(29)30/h1-8,11-12,27-28H,9-10,13-14H2,(H,29,30). The van der Waals surface area contributed by atoms with E-state index < -0.39 is 23.9 Å². The van der Waals surface area contributed by atoms with Crippen molar-refractivity contribution in [2.75, 3.05) is 24.8 Å². The number of carboxylic acid groups (broad SMARTS) is 1. The first kappa shape index (κ1) is 20.8. The van der Waals surface area contributed by atoms with Crippen LogP contribution >= 0.6 is 0 Å². The van der Waals surface area contributed by atoms with Crippen molar-refractivity contribution < 1.29 is 34.4 Å². The average Bonchev–Trinajstić information content (AvgIpc) is 3.37. The summed E-state index contributed by atoms with van der Waals surface area (Å²) in [4.78, 5) is 27.0. The van der Waals surface area contributed by atoms with Gasteiger partial charge in [0.25, 0.3) is 0 Å².